The molecule has 0 aliphatic rings. The zero-order valence-corrected chi connectivity index (χ0v) is 11.4. The molecule has 0 atom stereocenters. The minimum atomic E-state index is -1.08. The fourth-order valence-corrected chi connectivity index (χ4v) is 1.97. The molecule has 104 valence electrons. The molecule has 1 heterocycles. The number of anilines is 1. The summed E-state index contributed by atoms with van der Waals surface area (Å²) in [5, 5.41) is 19.0. The fraction of sp³-hybridized carbons (Fsp3) is 0.0909. The number of hydrogen-bond acceptors (Lipinski definition) is 4. The highest BCUT2D eigenvalue weighted by atomic mass is 35.5. The van der Waals surface area contributed by atoms with Gasteiger partial charge >= 0.3 is 5.97 Å². The smallest absolute Gasteiger partial charge is 0.325 e. The van der Waals surface area contributed by atoms with E-state index >= 15 is 0 Å². The Balaban J connectivity index is 2.11. The van der Waals surface area contributed by atoms with Crippen LogP contribution < -0.4 is 5.32 Å². The minimum Gasteiger partial charge on any atom is -0.480 e. The molecule has 0 aliphatic heterocycles. The number of rotatable bonds is 4. The summed E-state index contributed by atoms with van der Waals surface area (Å²) in [4.78, 5) is 22.4. The van der Waals surface area contributed by atoms with Crippen LogP contribution in [0.5, 0.6) is 0 Å². The lowest BCUT2D eigenvalue weighted by Gasteiger charge is -2.04. The molecule has 0 fully saturated rings. The first kappa shape index (κ1) is 14.3. The maximum Gasteiger partial charge on any atom is 0.325 e. The van der Waals surface area contributed by atoms with Gasteiger partial charge in [-0.1, -0.05) is 28.4 Å². The number of carbonyl (C=O) groups excluding carboxylic acids is 1. The number of aromatic nitrogens is 3. The Kier molecular flexibility index (Phi) is 4.21. The molecular weight excluding hydrogens is 307 g/mol. The number of carboxylic acids is 1. The van der Waals surface area contributed by atoms with Crippen LogP contribution in [0.4, 0.5) is 5.69 Å². The lowest BCUT2D eigenvalue weighted by molar-refractivity contribution is -0.137. The van der Waals surface area contributed by atoms with Crippen LogP contribution in [0, 0.1) is 0 Å². The molecule has 7 nitrogen and oxygen atoms in total. The topological polar surface area (TPSA) is 97.1 Å². The Hall–Kier alpha value is -2.12. The van der Waals surface area contributed by atoms with Crippen molar-refractivity contribution in [1.29, 1.82) is 0 Å². The van der Waals surface area contributed by atoms with Crippen LogP contribution in [0.1, 0.15) is 10.5 Å². The normalized spacial score (nSPS) is 10.3. The Morgan fingerprint density at radius 3 is 2.50 bits per heavy atom. The highest BCUT2D eigenvalue weighted by Crippen LogP contribution is 2.22. The second-order valence-electron chi connectivity index (χ2n) is 3.81. The molecule has 1 amide bonds. The van der Waals surface area contributed by atoms with Crippen molar-refractivity contribution < 1.29 is 14.7 Å². The quantitative estimate of drug-likeness (QED) is 0.898. The van der Waals surface area contributed by atoms with Gasteiger partial charge in [-0.05, 0) is 18.2 Å². The van der Waals surface area contributed by atoms with Crippen LogP contribution in [0.25, 0.3) is 0 Å². The standard InChI is InChI=1S/C11H8Cl2N4O3/c12-6-1-7(13)3-8(2-6)14-11(20)9-4-17(16-15-9)5-10(18)19/h1-4H,5H2,(H,14,20)(H,18,19). The summed E-state index contributed by atoms with van der Waals surface area (Å²) >= 11 is 11.6. The van der Waals surface area contributed by atoms with Gasteiger partial charge in [-0.15, -0.1) is 5.10 Å². The van der Waals surface area contributed by atoms with E-state index in [1.807, 2.05) is 0 Å². The number of nitrogens with one attached hydrogen (secondary N) is 1. The molecule has 0 aliphatic carbocycles. The number of halogens is 2. The minimum absolute atomic E-state index is 0.0117. The maximum atomic E-state index is 11.9. The van der Waals surface area contributed by atoms with Gasteiger partial charge in [-0.2, -0.15) is 0 Å². The first-order valence-electron chi connectivity index (χ1n) is 5.33. The van der Waals surface area contributed by atoms with Crippen molar-refractivity contribution in [2.45, 2.75) is 6.54 Å². The fourth-order valence-electron chi connectivity index (χ4n) is 1.44. The average molecular weight is 315 g/mol. The summed E-state index contributed by atoms with van der Waals surface area (Å²) in [6, 6.07) is 4.57. The molecule has 0 saturated heterocycles. The zero-order chi connectivity index (χ0) is 14.7. The molecule has 1 aromatic carbocycles. The number of hydrogen-bond donors (Lipinski definition) is 2. The van der Waals surface area contributed by atoms with E-state index in [9.17, 15) is 9.59 Å². The number of carboxylic acid groups (broad SMARTS) is 1. The summed E-state index contributed by atoms with van der Waals surface area (Å²) in [6.45, 7) is -0.372. The first-order valence-corrected chi connectivity index (χ1v) is 6.09. The Labute approximate surface area is 123 Å². The van der Waals surface area contributed by atoms with E-state index in [0.717, 1.165) is 4.68 Å². The molecule has 0 saturated carbocycles. The third kappa shape index (κ3) is 3.69. The number of carbonyl (C=O) groups is 2. The van der Waals surface area contributed by atoms with E-state index in [1.165, 1.54) is 24.4 Å². The summed E-state index contributed by atoms with van der Waals surface area (Å²) in [7, 11) is 0. The predicted molar refractivity (Wildman–Crippen MR) is 72.1 cm³/mol. The number of aliphatic carboxylic acids is 1. The van der Waals surface area contributed by atoms with Crippen LogP contribution in [-0.2, 0) is 11.3 Å². The monoisotopic (exact) mass is 314 g/mol. The van der Waals surface area contributed by atoms with Gasteiger partial charge in [-0.3, -0.25) is 9.59 Å². The molecule has 20 heavy (non-hydrogen) atoms. The lowest BCUT2D eigenvalue weighted by Crippen LogP contribution is -2.12. The molecule has 9 heteroatoms. The number of benzene rings is 1. The molecule has 0 radical (unpaired) electrons. The Morgan fingerprint density at radius 1 is 1.25 bits per heavy atom. The molecule has 0 bridgehead atoms. The molecule has 2 aromatic rings. The molecule has 2 N–H and O–H groups in total. The van der Waals surface area contributed by atoms with Gasteiger partial charge < -0.3 is 10.4 Å². The summed E-state index contributed by atoms with van der Waals surface area (Å²) in [5.74, 6) is -1.62. The summed E-state index contributed by atoms with van der Waals surface area (Å²) in [6.07, 6.45) is 1.23. The SMILES string of the molecule is O=C(O)Cn1cc(C(=O)Nc2cc(Cl)cc(Cl)c2)nn1. The zero-order valence-electron chi connectivity index (χ0n) is 9.88. The van der Waals surface area contributed by atoms with E-state index < -0.39 is 11.9 Å². The van der Waals surface area contributed by atoms with Crippen molar-refractivity contribution in [2.24, 2.45) is 0 Å². The lowest BCUT2D eigenvalue weighted by atomic mass is 10.3. The van der Waals surface area contributed by atoms with E-state index in [1.54, 1.807) is 0 Å². The van der Waals surface area contributed by atoms with Crippen LogP contribution >= 0.6 is 23.2 Å². The Bertz CT molecular complexity index is 651. The van der Waals surface area contributed by atoms with Crippen LogP contribution in [0.3, 0.4) is 0 Å². The molecule has 0 spiro atoms. The summed E-state index contributed by atoms with van der Waals surface area (Å²) in [5.41, 5.74) is 0.391. The second-order valence-corrected chi connectivity index (χ2v) is 4.68. The van der Waals surface area contributed by atoms with Crippen molar-refractivity contribution in [2.75, 3.05) is 5.32 Å². The molecular formula is C11H8Cl2N4O3. The first-order chi connectivity index (χ1) is 9.44. The van der Waals surface area contributed by atoms with Gasteiger partial charge in [-0.25, -0.2) is 4.68 Å². The summed E-state index contributed by atoms with van der Waals surface area (Å²) < 4.78 is 1.04. The van der Waals surface area contributed by atoms with Gasteiger partial charge in [0.1, 0.15) is 6.54 Å². The molecule has 0 unspecified atom stereocenters. The van der Waals surface area contributed by atoms with Crippen molar-refractivity contribution in [3.8, 4) is 0 Å². The van der Waals surface area contributed by atoms with Gasteiger partial charge in [0.15, 0.2) is 5.69 Å². The highest BCUT2D eigenvalue weighted by Gasteiger charge is 2.12. The second kappa shape index (κ2) is 5.89. The highest BCUT2D eigenvalue weighted by molar-refractivity contribution is 6.35. The molecule has 2 rings (SSSR count). The van der Waals surface area contributed by atoms with Gasteiger partial charge in [0.05, 0.1) is 6.20 Å². The van der Waals surface area contributed by atoms with Gasteiger partial charge in [0.2, 0.25) is 0 Å². The van der Waals surface area contributed by atoms with Gasteiger partial charge in [0.25, 0.3) is 5.91 Å². The van der Waals surface area contributed by atoms with Crippen LogP contribution in [0.15, 0.2) is 24.4 Å². The third-order valence-electron chi connectivity index (χ3n) is 2.19. The van der Waals surface area contributed by atoms with Crippen molar-refractivity contribution in [3.05, 3.63) is 40.1 Å². The van der Waals surface area contributed by atoms with E-state index in [0.29, 0.717) is 15.7 Å². The predicted octanol–water partition coefficient (Wildman–Crippen LogP) is 1.92. The molecule has 1 aromatic heterocycles. The van der Waals surface area contributed by atoms with Crippen molar-refractivity contribution in [1.82, 2.24) is 15.0 Å². The third-order valence-corrected chi connectivity index (χ3v) is 2.63. The van der Waals surface area contributed by atoms with E-state index in [4.69, 9.17) is 28.3 Å². The van der Waals surface area contributed by atoms with Crippen molar-refractivity contribution in [3.63, 3.8) is 0 Å². The van der Waals surface area contributed by atoms with E-state index in [2.05, 4.69) is 15.6 Å². The Morgan fingerprint density at radius 2 is 1.90 bits per heavy atom. The van der Waals surface area contributed by atoms with E-state index in [-0.39, 0.29) is 12.2 Å². The number of amides is 1. The average Bonchev–Trinajstić information content (AvgIpc) is 2.75. The largest absolute Gasteiger partial charge is 0.480 e. The van der Waals surface area contributed by atoms with Crippen LogP contribution in [0.2, 0.25) is 10.0 Å². The van der Waals surface area contributed by atoms with Gasteiger partial charge in [0, 0.05) is 15.7 Å². The maximum absolute atomic E-state index is 11.9. The number of nitrogens with zero attached hydrogens (tertiary/aromatic N) is 3. The van der Waals surface area contributed by atoms with Crippen molar-refractivity contribution >= 4 is 40.8 Å². The van der Waals surface area contributed by atoms with Crippen LogP contribution in [-0.4, -0.2) is 32.0 Å².